The first-order chi connectivity index (χ1) is 5.86. The number of hydrogen-bond acceptors (Lipinski definition) is 3. The van der Waals surface area contributed by atoms with Crippen LogP contribution in [0.5, 0.6) is 0 Å². The third-order valence-electron chi connectivity index (χ3n) is 1.47. The van der Waals surface area contributed by atoms with Gasteiger partial charge in [-0.05, 0) is 17.7 Å². The molecule has 0 aliphatic carbocycles. The molecule has 0 bridgehead atoms. The van der Waals surface area contributed by atoms with Crippen LogP contribution in [0, 0.1) is 0 Å². The Labute approximate surface area is 71.5 Å². The van der Waals surface area contributed by atoms with Crippen LogP contribution in [0.2, 0.25) is 0 Å². The molecule has 0 spiro atoms. The Morgan fingerprint density at radius 1 is 1.50 bits per heavy atom. The average molecular weight is 164 g/mol. The summed E-state index contributed by atoms with van der Waals surface area (Å²) in [5.41, 5.74) is 4.42. The maximum atomic E-state index is 8.53. The Balaban J connectivity index is 2.79. The highest BCUT2D eigenvalue weighted by atomic mass is 16.2. The lowest BCUT2D eigenvalue weighted by atomic mass is 10.2. The molecular formula is C9H12N2O. The van der Waals surface area contributed by atoms with Crippen molar-refractivity contribution in [2.45, 2.75) is 0 Å². The Morgan fingerprint density at radius 2 is 2.33 bits per heavy atom. The lowest BCUT2D eigenvalue weighted by Gasteiger charge is -1.99. The molecule has 0 aliphatic heterocycles. The summed E-state index contributed by atoms with van der Waals surface area (Å²) in [6.45, 7) is 0.0558. The number of aliphatic hydroxyl groups is 1. The fourth-order valence-corrected chi connectivity index (χ4v) is 0.921. The molecule has 1 aromatic carbocycles. The molecule has 1 aromatic rings. The van der Waals surface area contributed by atoms with E-state index in [0.717, 1.165) is 11.3 Å². The fourth-order valence-electron chi connectivity index (χ4n) is 0.921. The first-order valence-electron chi connectivity index (χ1n) is 3.71. The standard InChI is InChI=1S/C9H12N2O/c10-11-9-5-1-3-8(7-9)4-2-6-12/h1-5,7,11-12H,6,10H2. The molecule has 0 fully saturated rings. The van der Waals surface area contributed by atoms with Gasteiger partial charge in [0.15, 0.2) is 0 Å². The van der Waals surface area contributed by atoms with Crippen LogP contribution in [0.25, 0.3) is 6.08 Å². The van der Waals surface area contributed by atoms with E-state index < -0.39 is 0 Å². The summed E-state index contributed by atoms with van der Waals surface area (Å²) in [6.07, 6.45) is 3.51. The molecule has 0 atom stereocenters. The normalized spacial score (nSPS) is 10.5. The summed E-state index contributed by atoms with van der Waals surface area (Å²) in [5, 5.41) is 8.53. The number of nitrogens with two attached hydrogens (primary N) is 1. The van der Waals surface area contributed by atoms with E-state index in [1.165, 1.54) is 0 Å². The van der Waals surface area contributed by atoms with Crippen LogP contribution in [0.3, 0.4) is 0 Å². The summed E-state index contributed by atoms with van der Waals surface area (Å²) in [4.78, 5) is 0. The van der Waals surface area contributed by atoms with Gasteiger partial charge in [0.05, 0.1) is 6.61 Å². The third-order valence-corrected chi connectivity index (χ3v) is 1.47. The summed E-state index contributed by atoms with van der Waals surface area (Å²) >= 11 is 0. The molecule has 1 rings (SSSR count). The molecule has 0 heterocycles. The fraction of sp³-hybridized carbons (Fsp3) is 0.111. The van der Waals surface area contributed by atoms with Gasteiger partial charge in [-0.15, -0.1) is 0 Å². The van der Waals surface area contributed by atoms with Gasteiger partial charge in [0.1, 0.15) is 0 Å². The molecule has 3 heteroatoms. The SMILES string of the molecule is NNc1cccc(C=CCO)c1. The lowest BCUT2D eigenvalue weighted by molar-refractivity contribution is 0.343. The van der Waals surface area contributed by atoms with Crippen LogP contribution in [0.15, 0.2) is 30.3 Å². The van der Waals surface area contributed by atoms with Crippen molar-refractivity contribution in [2.24, 2.45) is 5.84 Å². The molecule has 12 heavy (non-hydrogen) atoms. The first kappa shape index (κ1) is 8.77. The molecule has 0 unspecified atom stereocenters. The van der Waals surface area contributed by atoms with E-state index in [1.807, 2.05) is 30.3 Å². The van der Waals surface area contributed by atoms with Crippen molar-refractivity contribution >= 4 is 11.8 Å². The van der Waals surface area contributed by atoms with Gasteiger partial charge in [0, 0.05) is 5.69 Å². The number of nitrogens with one attached hydrogen (secondary N) is 1. The zero-order chi connectivity index (χ0) is 8.81. The van der Waals surface area contributed by atoms with E-state index in [9.17, 15) is 0 Å². The van der Waals surface area contributed by atoms with E-state index in [1.54, 1.807) is 6.08 Å². The minimum Gasteiger partial charge on any atom is -0.392 e. The number of benzene rings is 1. The van der Waals surface area contributed by atoms with Gasteiger partial charge in [-0.3, -0.25) is 5.84 Å². The van der Waals surface area contributed by atoms with Crippen molar-refractivity contribution < 1.29 is 5.11 Å². The van der Waals surface area contributed by atoms with Crippen molar-refractivity contribution in [3.05, 3.63) is 35.9 Å². The molecule has 4 N–H and O–H groups in total. The number of hydrazine groups is 1. The average Bonchev–Trinajstić information content (AvgIpc) is 2.15. The van der Waals surface area contributed by atoms with Gasteiger partial charge in [0.2, 0.25) is 0 Å². The Bertz CT molecular complexity index is 271. The monoisotopic (exact) mass is 164 g/mol. The largest absolute Gasteiger partial charge is 0.392 e. The Kier molecular flexibility index (Phi) is 3.32. The van der Waals surface area contributed by atoms with Gasteiger partial charge < -0.3 is 10.5 Å². The van der Waals surface area contributed by atoms with Crippen molar-refractivity contribution in [3.8, 4) is 0 Å². The van der Waals surface area contributed by atoms with Crippen LogP contribution in [0.4, 0.5) is 5.69 Å². The molecule has 0 amide bonds. The van der Waals surface area contributed by atoms with Crippen LogP contribution in [0.1, 0.15) is 5.56 Å². The van der Waals surface area contributed by atoms with Crippen molar-refractivity contribution in [2.75, 3.05) is 12.0 Å². The highest BCUT2D eigenvalue weighted by molar-refractivity contribution is 5.56. The maximum absolute atomic E-state index is 8.53. The van der Waals surface area contributed by atoms with Crippen molar-refractivity contribution in [1.29, 1.82) is 0 Å². The lowest BCUT2D eigenvalue weighted by Crippen LogP contribution is -2.06. The number of anilines is 1. The van der Waals surface area contributed by atoms with Crippen LogP contribution in [-0.2, 0) is 0 Å². The smallest absolute Gasteiger partial charge is 0.0615 e. The molecule has 0 saturated carbocycles. The van der Waals surface area contributed by atoms with Gasteiger partial charge in [0.25, 0.3) is 0 Å². The highest BCUT2D eigenvalue weighted by Gasteiger charge is 1.88. The van der Waals surface area contributed by atoms with Crippen LogP contribution < -0.4 is 11.3 Å². The van der Waals surface area contributed by atoms with Gasteiger partial charge in [-0.1, -0.05) is 24.3 Å². The maximum Gasteiger partial charge on any atom is 0.0615 e. The van der Waals surface area contributed by atoms with E-state index in [-0.39, 0.29) is 6.61 Å². The minimum absolute atomic E-state index is 0.0558. The zero-order valence-corrected chi connectivity index (χ0v) is 6.70. The van der Waals surface area contributed by atoms with Gasteiger partial charge in [-0.2, -0.15) is 0 Å². The second-order valence-electron chi connectivity index (χ2n) is 2.35. The summed E-state index contributed by atoms with van der Waals surface area (Å²) in [6, 6.07) is 7.60. The Hall–Kier alpha value is -1.32. The summed E-state index contributed by atoms with van der Waals surface area (Å²) in [5.74, 6) is 5.22. The molecule has 0 aromatic heterocycles. The molecule has 0 saturated heterocycles. The minimum atomic E-state index is 0.0558. The molecule has 0 radical (unpaired) electrons. The second kappa shape index (κ2) is 4.54. The number of aliphatic hydroxyl groups excluding tert-OH is 1. The second-order valence-corrected chi connectivity index (χ2v) is 2.35. The van der Waals surface area contributed by atoms with E-state index in [2.05, 4.69) is 5.43 Å². The first-order valence-corrected chi connectivity index (χ1v) is 3.71. The quantitative estimate of drug-likeness (QED) is 0.461. The predicted molar refractivity (Wildman–Crippen MR) is 50.4 cm³/mol. The van der Waals surface area contributed by atoms with E-state index in [4.69, 9.17) is 10.9 Å². The third kappa shape index (κ3) is 2.38. The zero-order valence-electron chi connectivity index (χ0n) is 6.70. The van der Waals surface area contributed by atoms with Crippen molar-refractivity contribution in [3.63, 3.8) is 0 Å². The van der Waals surface area contributed by atoms with Crippen molar-refractivity contribution in [1.82, 2.24) is 0 Å². The number of rotatable bonds is 3. The molecule has 0 aliphatic rings. The molecule has 3 nitrogen and oxygen atoms in total. The summed E-state index contributed by atoms with van der Waals surface area (Å²) < 4.78 is 0. The Morgan fingerprint density at radius 3 is 3.00 bits per heavy atom. The van der Waals surface area contributed by atoms with Gasteiger partial charge in [-0.25, -0.2) is 0 Å². The predicted octanol–water partition coefficient (Wildman–Crippen LogP) is 0.978. The molecule has 64 valence electrons. The molecular weight excluding hydrogens is 152 g/mol. The van der Waals surface area contributed by atoms with Gasteiger partial charge >= 0.3 is 0 Å². The van der Waals surface area contributed by atoms with Crippen LogP contribution in [-0.4, -0.2) is 11.7 Å². The number of nitrogen functional groups attached to an aromatic ring is 1. The highest BCUT2D eigenvalue weighted by Crippen LogP contribution is 2.09. The number of hydrogen-bond donors (Lipinski definition) is 3. The van der Waals surface area contributed by atoms with Crippen LogP contribution >= 0.6 is 0 Å². The summed E-state index contributed by atoms with van der Waals surface area (Å²) in [7, 11) is 0. The van der Waals surface area contributed by atoms with E-state index in [0.29, 0.717) is 0 Å². The topological polar surface area (TPSA) is 58.3 Å². The van der Waals surface area contributed by atoms with E-state index >= 15 is 0 Å².